The maximum Gasteiger partial charge on any atom is 0.191 e. The third kappa shape index (κ3) is 5.75. The van der Waals surface area contributed by atoms with Crippen molar-refractivity contribution < 1.29 is 0 Å². The van der Waals surface area contributed by atoms with Crippen molar-refractivity contribution in [3.8, 4) is 0 Å². The van der Waals surface area contributed by atoms with Crippen LogP contribution in [0.15, 0.2) is 23.5 Å². The molecule has 0 saturated heterocycles. The lowest BCUT2D eigenvalue weighted by atomic mass is 10.4. The number of guanidine groups is 1. The molecule has 1 aromatic rings. The van der Waals surface area contributed by atoms with Crippen molar-refractivity contribution in [3.63, 3.8) is 0 Å². The highest BCUT2D eigenvalue weighted by Gasteiger charge is 2.27. The summed E-state index contributed by atoms with van der Waals surface area (Å²) in [4.78, 5) is 6.80. The molecular weight excluding hydrogens is 264 g/mol. The summed E-state index contributed by atoms with van der Waals surface area (Å²) in [5, 5.41) is 10.9. The zero-order valence-corrected chi connectivity index (χ0v) is 13.3. The first-order valence-corrected chi connectivity index (χ1v) is 7.99. The van der Waals surface area contributed by atoms with Crippen LogP contribution in [0.3, 0.4) is 0 Å². The van der Waals surface area contributed by atoms with Gasteiger partial charge in [0.15, 0.2) is 5.96 Å². The monoisotopic (exact) mass is 292 g/mol. The first-order chi connectivity index (χ1) is 10.3. The number of aliphatic imine (C=N–C) groups is 1. The van der Waals surface area contributed by atoms with Crippen molar-refractivity contribution in [2.24, 2.45) is 4.99 Å². The molecule has 1 aliphatic rings. The summed E-state index contributed by atoms with van der Waals surface area (Å²) in [6.07, 6.45) is 7.57. The molecule has 0 amide bonds. The Kier molecular flexibility index (Phi) is 6.53. The molecule has 1 aromatic heterocycles. The fraction of sp³-hybridized carbons (Fsp3) is 0.733. The summed E-state index contributed by atoms with van der Waals surface area (Å²) in [5.74, 6) is 0.891. The van der Waals surface area contributed by atoms with E-state index in [1.165, 1.54) is 12.8 Å². The number of nitrogens with one attached hydrogen (secondary N) is 2. The molecule has 2 N–H and O–H groups in total. The fourth-order valence-corrected chi connectivity index (χ4v) is 2.46. The summed E-state index contributed by atoms with van der Waals surface area (Å²) in [5.41, 5.74) is 0. The second-order valence-electron chi connectivity index (χ2n) is 5.41. The number of aryl methyl sites for hydroxylation is 1. The number of nitrogens with zero attached hydrogens (tertiary/aromatic N) is 4. The predicted molar refractivity (Wildman–Crippen MR) is 86.5 cm³/mol. The van der Waals surface area contributed by atoms with Crippen LogP contribution in [-0.4, -0.2) is 59.9 Å². The maximum absolute atomic E-state index is 4.26. The summed E-state index contributed by atoms with van der Waals surface area (Å²) < 4.78 is 1.95. The lowest BCUT2D eigenvalue weighted by Gasteiger charge is -2.20. The molecule has 1 saturated carbocycles. The van der Waals surface area contributed by atoms with Crippen molar-refractivity contribution in [2.45, 2.75) is 38.8 Å². The summed E-state index contributed by atoms with van der Waals surface area (Å²) in [7, 11) is 1.82. The molecule has 0 aliphatic heterocycles. The van der Waals surface area contributed by atoms with Crippen LogP contribution in [0, 0.1) is 0 Å². The molecule has 1 heterocycles. The third-order valence-corrected chi connectivity index (χ3v) is 3.80. The average molecular weight is 292 g/mol. The molecule has 1 aliphatic carbocycles. The molecule has 0 spiro atoms. The van der Waals surface area contributed by atoms with Gasteiger partial charge < -0.3 is 10.6 Å². The van der Waals surface area contributed by atoms with E-state index >= 15 is 0 Å². The Morgan fingerprint density at radius 2 is 2.19 bits per heavy atom. The predicted octanol–water partition coefficient (Wildman–Crippen LogP) is 0.923. The standard InChI is InChI=1S/C15H28N6/c1-3-20(14-6-7-14)13-10-18-15(16-2)17-8-4-11-21-12-5-9-19-21/h5,9,12,14H,3-4,6-8,10-11,13H2,1-2H3,(H2,16,17,18). The van der Waals surface area contributed by atoms with Gasteiger partial charge in [-0.1, -0.05) is 6.92 Å². The lowest BCUT2D eigenvalue weighted by Crippen LogP contribution is -2.42. The molecule has 2 rings (SSSR count). The normalized spacial score (nSPS) is 15.5. The minimum Gasteiger partial charge on any atom is -0.356 e. The smallest absolute Gasteiger partial charge is 0.191 e. The number of hydrogen-bond acceptors (Lipinski definition) is 3. The van der Waals surface area contributed by atoms with E-state index in [9.17, 15) is 0 Å². The quantitative estimate of drug-likeness (QED) is 0.404. The third-order valence-electron chi connectivity index (χ3n) is 3.80. The van der Waals surface area contributed by atoms with Gasteiger partial charge in [0.2, 0.25) is 0 Å². The van der Waals surface area contributed by atoms with Gasteiger partial charge in [-0.2, -0.15) is 5.10 Å². The van der Waals surface area contributed by atoms with Crippen molar-refractivity contribution in [3.05, 3.63) is 18.5 Å². The summed E-state index contributed by atoms with van der Waals surface area (Å²) >= 11 is 0. The first-order valence-electron chi connectivity index (χ1n) is 7.99. The lowest BCUT2D eigenvalue weighted by molar-refractivity contribution is 0.282. The Morgan fingerprint density at radius 3 is 2.81 bits per heavy atom. The topological polar surface area (TPSA) is 57.5 Å². The van der Waals surface area contributed by atoms with Crippen molar-refractivity contribution >= 4 is 5.96 Å². The minimum absolute atomic E-state index is 0.834. The molecular formula is C15H28N6. The molecule has 21 heavy (non-hydrogen) atoms. The fourth-order valence-electron chi connectivity index (χ4n) is 2.46. The highest BCUT2D eigenvalue weighted by atomic mass is 15.3. The number of rotatable bonds is 9. The van der Waals surface area contributed by atoms with E-state index < -0.39 is 0 Å². The van der Waals surface area contributed by atoms with E-state index in [4.69, 9.17) is 0 Å². The maximum atomic E-state index is 4.26. The van der Waals surface area contributed by atoms with Crippen LogP contribution >= 0.6 is 0 Å². The second-order valence-corrected chi connectivity index (χ2v) is 5.41. The van der Waals surface area contributed by atoms with E-state index in [1.54, 1.807) is 0 Å². The molecule has 0 unspecified atom stereocenters. The van der Waals surface area contributed by atoms with Gasteiger partial charge in [0, 0.05) is 51.7 Å². The summed E-state index contributed by atoms with van der Waals surface area (Å²) in [6.45, 7) is 7.25. The molecule has 0 aromatic carbocycles. The molecule has 118 valence electrons. The molecule has 1 fully saturated rings. The number of likely N-dealkylation sites (N-methyl/N-ethyl adjacent to an activating group) is 1. The SMILES string of the molecule is CCN(CCNC(=NC)NCCCn1cccn1)C1CC1. The summed E-state index contributed by atoms with van der Waals surface area (Å²) in [6, 6.07) is 2.79. The minimum atomic E-state index is 0.834. The van der Waals surface area contributed by atoms with Gasteiger partial charge >= 0.3 is 0 Å². The highest BCUT2D eigenvalue weighted by Crippen LogP contribution is 2.25. The Labute approximate surface area is 127 Å². The van der Waals surface area contributed by atoms with Gasteiger partial charge in [-0.15, -0.1) is 0 Å². The van der Waals surface area contributed by atoms with E-state index in [-0.39, 0.29) is 0 Å². The molecule has 6 heteroatoms. The van der Waals surface area contributed by atoms with Crippen LogP contribution in [0.2, 0.25) is 0 Å². The van der Waals surface area contributed by atoms with Crippen molar-refractivity contribution in [1.82, 2.24) is 25.3 Å². The van der Waals surface area contributed by atoms with Crippen molar-refractivity contribution in [1.29, 1.82) is 0 Å². The van der Waals surface area contributed by atoms with Crippen LogP contribution < -0.4 is 10.6 Å². The van der Waals surface area contributed by atoms with Crippen LogP contribution in [0.25, 0.3) is 0 Å². The van der Waals surface area contributed by atoms with E-state index in [2.05, 4.69) is 32.5 Å². The van der Waals surface area contributed by atoms with Crippen LogP contribution in [-0.2, 0) is 6.54 Å². The van der Waals surface area contributed by atoms with Gasteiger partial charge in [-0.25, -0.2) is 0 Å². The first kappa shape index (κ1) is 15.8. The van der Waals surface area contributed by atoms with Gasteiger partial charge in [-0.3, -0.25) is 14.6 Å². The molecule has 0 atom stereocenters. The van der Waals surface area contributed by atoms with Crippen molar-refractivity contribution in [2.75, 3.05) is 33.2 Å². The average Bonchev–Trinajstić information content (AvgIpc) is 3.21. The molecule has 0 radical (unpaired) electrons. The van der Waals surface area contributed by atoms with Crippen LogP contribution in [0.1, 0.15) is 26.2 Å². The Morgan fingerprint density at radius 1 is 1.38 bits per heavy atom. The Bertz CT molecular complexity index is 410. The van der Waals surface area contributed by atoms with E-state index in [0.717, 1.165) is 51.1 Å². The zero-order chi connectivity index (χ0) is 14.9. The van der Waals surface area contributed by atoms with Gasteiger partial charge in [0.25, 0.3) is 0 Å². The van der Waals surface area contributed by atoms with Gasteiger partial charge in [-0.05, 0) is 31.9 Å². The Hall–Kier alpha value is -1.56. The van der Waals surface area contributed by atoms with Crippen LogP contribution in [0.4, 0.5) is 0 Å². The largest absolute Gasteiger partial charge is 0.356 e. The molecule has 6 nitrogen and oxygen atoms in total. The highest BCUT2D eigenvalue weighted by molar-refractivity contribution is 5.79. The van der Waals surface area contributed by atoms with E-state index in [0.29, 0.717) is 0 Å². The number of hydrogen-bond donors (Lipinski definition) is 2. The molecule has 0 bridgehead atoms. The number of aromatic nitrogens is 2. The van der Waals surface area contributed by atoms with Gasteiger partial charge in [0.05, 0.1) is 0 Å². The Balaban J connectivity index is 1.55. The second kappa shape index (κ2) is 8.67. The zero-order valence-electron chi connectivity index (χ0n) is 13.3. The van der Waals surface area contributed by atoms with Gasteiger partial charge in [0.1, 0.15) is 0 Å². The van der Waals surface area contributed by atoms with Crippen LogP contribution in [0.5, 0.6) is 0 Å². The van der Waals surface area contributed by atoms with E-state index in [1.807, 2.05) is 30.2 Å².